The van der Waals surface area contributed by atoms with Crippen LogP contribution in [0.25, 0.3) is 0 Å². The minimum Gasteiger partial charge on any atom is -0.338 e. The number of anilines is 1. The first-order chi connectivity index (χ1) is 16.0. The summed E-state index contributed by atoms with van der Waals surface area (Å²) in [5.41, 5.74) is 2.42. The number of hydrogen-bond acceptors (Lipinski definition) is 4. The van der Waals surface area contributed by atoms with Crippen molar-refractivity contribution in [3.63, 3.8) is 0 Å². The van der Waals surface area contributed by atoms with Crippen molar-refractivity contribution in [1.29, 1.82) is 5.26 Å². The quantitative estimate of drug-likeness (QED) is 0.679. The monoisotopic (exact) mass is 438 g/mol. The molecular formula is C26H22N4O3. The molecule has 1 saturated heterocycles. The highest BCUT2D eigenvalue weighted by atomic mass is 16.2. The summed E-state index contributed by atoms with van der Waals surface area (Å²) in [4.78, 5) is 40.6. The highest BCUT2D eigenvalue weighted by Gasteiger charge is 2.37. The van der Waals surface area contributed by atoms with Gasteiger partial charge in [0.2, 0.25) is 0 Å². The second-order valence-corrected chi connectivity index (χ2v) is 8.61. The second-order valence-electron chi connectivity index (χ2n) is 8.61. The zero-order valence-corrected chi connectivity index (χ0v) is 17.9. The van der Waals surface area contributed by atoms with Crippen LogP contribution in [0.3, 0.4) is 0 Å². The van der Waals surface area contributed by atoms with E-state index < -0.39 is 5.91 Å². The lowest BCUT2D eigenvalue weighted by Gasteiger charge is -2.43. The molecule has 2 aliphatic heterocycles. The number of nitriles is 1. The molecule has 5 rings (SSSR count). The van der Waals surface area contributed by atoms with Gasteiger partial charge in [0.25, 0.3) is 17.4 Å². The molecule has 0 radical (unpaired) electrons. The van der Waals surface area contributed by atoms with E-state index in [0.29, 0.717) is 36.3 Å². The second kappa shape index (κ2) is 8.40. The molecular weight excluding hydrogens is 416 g/mol. The predicted octanol–water partition coefficient (Wildman–Crippen LogP) is 3.23. The predicted molar refractivity (Wildman–Crippen MR) is 123 cm³/mol. The third kappa shape index (κ3) is 3.92. The summed E-state index contributed by atoms with van der Waals surface area (Å²) >= 11 is 0. The van der Waals surface area contributed by atoms with Crippen LogP contribution in [0.2, 0.25) is 0 Å². The maximum Gasteiger partial charge on any atom is 0.274 e. The number of hydrogen-bond donors (Lipinski definition) is 1. The molecule has 0 saturated carbocycles. The van der Waals surface area contributed by atoms with Crippen molar-refractivity contribution in [3.05, 3.63) is 99.5 Å². The Labute approximate surface area is 190 Å². The lowest BCUT2D eigenvalue weighted by Crippen LogP contribution is -2.49. The highest BCUT2D eigenvalue weighted by molar-refractivity contribution is 6.04. The Morgan fingerprint density at radius 3 is 2.39 bits per heavy atom. The van der Waals surface area contributed by atoms with Crippen molar-refractivity contribution in [1.82, 2.24) is 9.47 Å². The molecule has 3 aromatic rings. The Kier molecular flexibility index (Phi) is 5.27. The average Bonchev–Trinajstić information content (AvgIpc) is 2.86. The summed E-state index contributed by atoms with van der Waals surface area (Å²) in [6, 6.07) is 21.1. The summed E-state index contributed by atoms with van der Waals surface area (Å²) in [6.45, 7) is 1.70. The minimum absolute atomic E-state index is 0.0207. The summed E-state index contributed by atoms with van der Waals surface area (Å²) in [7, 11) is 0. The maximum atomic E-state index is 13.2. The van der Waals surface area contributed by atoms with Gasteiger partial charge in [-0.1, -0.05) is 18.2 Å². The van der Waals surface area contributed by atoms with Gasteiger partial charge in [-0.2, -0.15) is 5.26 Å². The number of fused-ring (bicyclic) bond motifs is 4. The molecule has 1 N–H and O–H groups in total. The summed E-state index contributed by atoms with van der Waals surface area (Å²) in [5, 5.41) is 11.6. The van der Waals surface area contributed by atoms with Crippen molar-refractivity contribution >= 4 is 17.5 Å². The van der Waals surface area contributed by atoms with Crippen molar-refractivity contribution in [2.45, 2.75) is 18.9 Å². The molecule has 3 heterocycles. The topological polar surface area (TPSA) is 95.2 Å². The van der Waals surface area contributed by atoms with Gasteiger partial charge in [0.15, 0.2) is 0 Å². The van der Waals surface area contributed by atoms with Gasteiger partial charge < -0.3 is 14.8 Å². The van der Waals surface area contributed by atoms with Gasteiger partial charge in [0.1, 0.15) is 5.69 Å². The number of rotatable bonds is 3. The average molecular weight is 438 g/mol. The Hall–Kier alpha value is -4.18. The fourth-order valence-corrected chi connectivity index (χ4v) is 4.86. The molecule has 2 aromatic carbocycles. The molecule has 2 atom stereocenters. The molecule has 0 unspecified atom stereocenters. The van der Waals surface area contributed by atoms with Gasteiger partial charge in [-0.15, -0.1) is 0 Å². The van der Waals surface area contributed by atoms with Gasteiger partial charge in [-0.05, 0) is 60.9 Å². The summed E-state index contributed by atoms with van der Waals surface area (Å²) in [5.74, 6) is -0.104. The summed E-state index contributed by atoms with van der Waals surface area (Å²) in [6.07, 6.45) is 0.939. The van der Waals surface area contributed by atoms with Gasteiger partial charge in [-0.25, -0.2) is 0 Å². The van der Waals surface area contributed by atoms with E-state index in [1.54, 1.807) is 34.9 Å². The molecule has 7 nitrogen and oxygen atoms in total. The molecule has 1 aromatic heterocycles. The number of likely N-dealkylation sites (tertiary alicyclic amines) is 1. The highest BCUT2D eigenvalue weighted by Crippen LogP contribution is 2.36. The first-order valence-electron chi connectivity index (χ1n) is 10.9. The number of aromatic nitrogens is 1. The van der Waals surface area contributed by atoms with E-state index in [-0.39, 0.29) is 29.0 Å². The molecule has 2 aliphatic rings. The van der Waals surface area contributed by atoms with Crippen LogP contribution in [0.5, 0.6) is 0 Å². The normalized spacial score (nSPS) is 18.7. The van der Waals surface area contributed by atoms with Crippen molar-refractivity contribution in [2.24, 2.45) is 5.92 Å². The van der Waals surface area contributed by atoms with E-state index in [4.69, 9.17) is 5.26 Å². The number of nitrogens with one attached hydrogen (secondary N) is 1. The van der Waals surface area contributed by atoms with Crippen molar-refractivity contribution in [3.8, 4) is 6.07 Å². The lowest BCUT2D eigenvalue weighted by atomic mass is 9.83. The number of amides is 2. The summed E-state index contributed by atoms with van der Waals surface area (Å²) < 4.78 is 1.75. The lowest BCUT2D eigenvalue weighted by molar-refractivity contribution is 0.0594. The molecule has 2 amide bonds. The molecule has 2 bridgehead atoms. The van der Waals surface area contributed by atoms with Crippen LogP contribution in [-0.4, -0.2) is 34.4 Å². The zero-order valence-electron chi connectivity index (χ0n) is 17.9. The largest absolute Gasteiger partial charge is 0.338 e. The van der Waals surface area contributed by atoms with E-state index in [2.05, 4.69) is 5.32 Å². The van der Waals surface area contributed by atoms with E-state index in [1.807, 2.05) is 47.4 Å². The van der Waals surface area contributed by atoms with Crippen LogP contribution < -0.4 is 10.9 Å². The van der Waals surface area contributed by atoms with Crippen molar-refractivity contribution < 1.29 is 9.59 Å². The van der Waals surface area contributed by atoms with E-state index in [1.165, 1.54) is 0 Å². The Balaban J connectivity index is 1.36. The minimum atomic E-state index is -0.396. The van der Waals surface area contributed by atoms with Gasteiger partial charge in [-0.3, -0.25) is 14.4 Å². The number of piperidine rings is 1. The zero-order chi connectivity index (χ0) is 22.9. The Morgan fingerprint density at radius 2 is 1.67 bits per heavy atom. The Bertz CT molecular complexity index is 1320. The molecule has 164 valence electrons. The van der Waals surface area contributed by atoms with Crippen LogP contribution in [-0.2, 0) is 6.54 Å². The van der Waals surface area contributed by atoms with Gasteiger partial charge >= 0.3 is 0 Å². The fraction of sp³-hybridized carbons (Fsp3) is 0.231. The van der Waals surface area contributed by atoms with E-state index in [0.717, 1.165) is 12.1 Å². The number of nitrogens with zero attached hydrogens (tertiary/aromatic N) is 3. The fourth-order valence-electron chi connectivity index (χ4n) is 4.86. The molecule has 33 heavy (non-hydrogen) atoms. The SMILES string of the molecule is N#Cc1ccc(C(=O)Nc2ccc3n(c2=O)C[C@@H]2C[C@@H]3CN(C(=O)c3ccccc3)C2)cc1. The molecule has 1 fully saturated rings. The standard InChI is InChI=1S/C26H22N4O3/c27-13-17-6-8-19(9-7-17)24(31)28-22-10-11-23-21-12-18(15-30(23)26(22)33)14-29(16-21)25(32)20-4-2-1-3-5-20/h1-11,18,21H,12,14-16H2,(H,28,31)/t18-,21-/m1/s1. The smallest absolute Gasteiger partial charge is 0.274 e. The van der Waals surface area contributed by atoms with Crippen LogP contribution in [0, 0.1) is 17.2 Å². The maximum absolute atomic E-state index is 13.2. The van der Waals surface area contributed by atoms with Gasteiger partial charge in [0.05, 0.1) is 11.6 Å². The first kappa shape index (κ1) is 20.7. The number of carbonyl (C=O) groups excluding carboxylic acids is 2. The van der Waals surface area contributed by atoms with Crippen LogP contribution in [0.1, 0.15) is 44.3 Å². The molecule has 0 aliphatic carbocycles. The third-order valence-electron chi connectivity index (χ3n) is 6.44. The van der Waals surface area contributed by atoms with Gasteiger partial charge in [0, 0.05) is 42.4 Å². The van der Waals surface area contributed by atoms with Crippen LogP contribution >= 0.6 is 0 Å². The van der Waals surface area contributed by atoms with Crippen LogP contribution in [0.15, 0.2) is 71.5 Å². The number of pyridine rings is 1. The van der Waals surface area contributed by atoms with Crippen LogP contribution in [0.4, 0.5) is 5.69 Å². The number of benzene rings is 2. The Morgan fingerprint density at radius 1 is 0.909 bits per heavy atom. The third-order valence-corrected chi connectivity index (χ3v) is 6.44. The first-order valence-corrected chi connectivity index (χ1v) is 10.9. The number of carbonyl (C=O) groups is 2. The molecule has 0 spiro atoms. The van der Waals surface area contributed by atoms with E-state index in [9.17, 15) is 14.4 Å². The van der Waals surface area contributed by atoms with Crippen molar-refractivity contribution in [2.75, 3.05) is 18.4 Å². The van der Waals surface area contributed by atoms with E-state index >= 15 is 0 Å². The molecule has 7 heteroatoms.